The van der Waals surface area contributed by atoms with Crippen molar-refractivity contribution in [1.82, 2.24) is 4.98 Å². The Morgan fingerprint density at radius 3 is 2.68 bits per heavy atom. The van der Waals surface area contributed by atoms with E-state index < -0.39 is 9.84 Å². The zero-order chi connectivity index (χ0) is 13.9. The number of nitrogen functional groups attached to an aromatic ring is 1. The van der Waals surface area contributed by atoms with Crippen LogP contribution in [0.4, 0.5) is 11.5 Å². The third-order valence-corrected chi connectivity index (χ3v) is 4.60. The molecule has 1 aromatic rings. The first-order valence-electron chi connectivity index (χ1n) is 6.36. The van der Waals surface area contributed by atoms with Crippen LogP contribution in [0.25, 0.3) is 0 Å². The van der Waals surface area contributed by atoms with Gasteiger partial charge in [0.05, 0.1) is 23.8 Å². The van der Waals surface area contributed by atoms with E-state index >= 15 is 0 Å². The van der Waals surface area contributed by atoms with Crippen molar-refractivity contribution in [2.75, 3.05) is 41.8 Å². The van der Waals surface area contributed by atoms with E-state index in [0.717, 1.165) is 12.2 Å². The van der Waals surface area contributed by atoms with Gasteiger partial charge in [0.25, 0.3) is 0 Å². The van der Waals surface area contributed by atoms with Crippen LogP contribution in [0.2, 0.25) is 0 Å². The molecule has 0 bridgehead atoms. The summed E-state index contributed by atoms with van der Waals surface area (Å²) in [6.07, 6.45) is 0.882. The maximum atomic E-state index is 11.4. The van der Waals surface area contributed by atoms with Crippen molar-refractivity contribution >= 4 is 21.3 Å². The summed E-state index contributed by atoms with van der Waals surface area (Å²) in [6.45, 7) is 3.50. The van der Waals surface area contributed by atoms with E-state index in [-0.39, 0.29) is 11.5 Å². The van der Waals surface area contributed by atoms with Crippen LogP contribution < -0.4 is 15.4 Å². The summed E-state index contributed by atoms with van der Waals surface area (Å²) < 4.78 is 28.3. The van der Waals surface area contributed by atoms with Gasteiger partial charge in [0, 0.05) is 13.1 Å². The predicted molar refractivity (Wildman–Crippen MR) is 75.3 cm³/mol. The fourth-order valence-corrected chi connectivity index (χ4v) is 3.07. The predicted octanol–water partition coefficient (Wildman–Crippen LogP) is 0.687. The molecular weight excluding hydrogens is 266 g/mol. The number of aromatic nitrogens is 1. The lowest BCUT2D eigenvalue weighted by Crippen LogP contribution is -2.40. The molecule has 6 nitrogen and oxygen atoms in total. The monoisotopic (exact) mass is 285 g/mol. The Morgan fingerprint density at radius 2 is 2.05 bits per heavy atom. The lowest BCUT2D eigenvalue weighted by molar-refractivity contribution is 0.307. The molecule has 2 N–H and O–H groups in total. The summed E-state index contributed by atoms with van der Waals surface area (Å²) in [5, 5.41) is 0. The molecular formula is C12H19N3O3S. The standard InChI is InChI=1S/C12H19N3O3S/c1-2-7-18-12-10(13)3-4-11(14-12)15-5-8-19(16,17)9-6-15/h3-4H,2,5-9,13H2,1H3. The van der Waals surface area contributed by atoms with E-state index in [1.165, 1.54) is 0 Å². The lowest BCUT2D eigenvalue weighted by Gasteiger charge is -2.28. The molecule has 1 saturated heterocycles. The summed E-state index contributed by atoms with van der Waals surface area (Å²) >= 11 is 0. The molecule has 0 atom stereocenters. The summed E-state index contributed by atoms with van der Waals surface area (Å²) in [5.41, 5.74) is 6.30. The van der Waals surface area contributed by atoms with Crippen LogP contribution in [-0.2, 0) is 9.84 Å². The Hall–Kier alpha value is -1.50. The fourth-order valence-electron chi connectivity index (χ4n) is 1.87. The molecule has 2 rings (SSSR count). The first-order valence-corrected chi connectivity index (χ1v) is 8.18. The second kappa shape index (κ2) is 5.64. The van der Waals surface area contributed by atoms with Crippen LogP contribution in [0.5, 0.6) is 5.88 Å². The summed E-state index contributed by atoms with van der Waals surface area (Å²) in [6, 6.07) is 3.54. The Morgan fingerprint density at radius 1 is 1.37 bits per heavy atom. The van der Waals surface area contributed by atoms with Gasteiger partial charge in [0.2, 0.25) is 5.88 Å². The van der Waals surface area contributed by atoms with Crippen molar-refractivity contribution in [3.8, 4) is 5.88 Å². The molecule has 0 aliphatic carbocycles. The Bertz CT molecular complexity index is 531. The number of pyridine rings is 1. The van der Waals surface area contributed by atoms with E-state index in [1.807, 2.05) is 11.8 Å². The number of nitrogens with two attached hydrogens (primary N) is 1. The Labute approximate surface area is 113 Å². The molecule has 1 aliphatic heterocycles. The number of nitrogens with zero attached hydrogens (tertiary/aromatic N) is 2. The minimum absolute atomic E-state index is 0.171. The summed E-state index contributed by atoms with van der Waals surface area (Å²) in [5.74, 6) is 1.48. The fraction of sp³-hybridized carbons (Fsp3) is 0.583. The zero-order valence-corrected chi connectivity index (χ0v) is 11.8. The first kappa shape index (κ1) is 13.9. The van der Waals surface area contributed by atoms with Gasteiger partial charge in [-0.15, -0.1) is 0 Å². The van der Waals surface area contributed by atoms with Crippen molar-refractivity contribution in [2.24, 2.45) is 0 Å². The highest BCUT2D eigenvalue weighted by Gasteiger charge is 2.22. The second-order valence-corrected chi connectivity index (χ2v) is 6.85. The Kier molecular flexibility index (Phi) is 4.14. The molecule has 1 aromatic heterocycles. The van der Waals surface area contributed by atoms with Gasteiger partial charge in [-0.05, 0) is 18.6 Å². The van der Waals surface area contributed by atoms with Gasteiger partial charge in [-0.3, -0.25) is 0 Å². The smallest absolute Gasteiger partial charge is 0.239 e. The van der Waals surface area contributed by atoms with Crippen molar-refractivity contribution in [2.45, 2.75) is 13.3 Å². The maximum Gasteiger partial charge on any atom is 0.239 e. The first-order chi connectivity index (χ1) is 9.02. The number of hydrogen-bond donors (Lipinski definition) is 1. The van der Waals surface area contributed by atoms with Crippen molar-refractivity contribution in [3.63, 3.8) is 0 Å². The van der Waals surface area contributed by atoms with E-state index in [0.29, 0.717) is 31.3 Å². The van der Waals surface area contributed by atoms with Crippen molar-refractivity contribution in [1.29, 1.82) is 0 Å². The SMILES string of the molecule is CCCOc1nc(N2CCS(=O)(=O)CC2)ccc1N. The van der Waals surface area contributed by atoms with Crippen molar-refractivity contribution in [3.05, 3.63) is 12.1 Å². The molecule has 19 heavy (non-hydrogen) atoms. The number of hydrogen-bond acceptors (Lipinski definition) is 6. The Balaban J connectivity index is 2.12. The molecule has 2 heterocycles. The van der Waals surface area contributed by atoms with Crippen molar-refractivity contribution < 1.29 is 13.2 Å². The van der Waals surface area contributed by atoms with Crippen LogP contribution in [0, 0.1) is 0 Å². The molecule has 0 saturated carbocycles. The van der Waals surface area contributed by atoms with Crippen LogP contribution in [-0.4, -0.2) is 44.6 Å². The van der Waals surface area contributed by atoms with Crippen LogP contribution in [0.1, 0.15) is 13.3 Å². The molecule has 1 aliphatic rings. The van der Waals surface area contributed by atoms with E-state index in [9.17, 15) is 8.42 Å². The number of ether oxygens (including phenoxy) is 1. The second-order valence-electron chi connectivity index (χ2n) is 4.55. The summed E-state index contributed by atoms with van der Waals surface area (Å²) in [4.78, 5) is 6.31. The third kappa shape index (κ3) is 3.50. The average Bonchev–Trinajstić information content (AvgIpc) is 2.38. The van der Waals surface area contributed by atoms with Gasteiger partial charge < -0.3 is 15.4 Å². The van der Waals surface area contributed by atoms with Gasteiger partial charge in [-0.2, -0.15) is 4.98 Å². The number of sulfone groups is 1. The average molecular weight is 285 g/mol. The highest BCUT2D eigenvalue weighted by molar-refractivity contribution is 7.91. The minimum atomic E-state index is -2.88. The van der Waals surface area contributed by atoms with Gasteiger partial charge in [0.1, 0.15) is 5.82 Å². The molecule has 0 amide bonds. The van der Waals surface area contributed by atoms with Gasteiger partial charge in [-0.25, -0.2) is 8.42 Å². The van der Waals surface area contributed by atoms with Gasteiger partial charge in [0.15, 0.2) is 9.84 Å². The molecule has 0 aromatic carbocycles. The molecule has 0 spiro atoms. The van der Waals surface area contributed by atoms with Crippen LogP contribution >= 0.6 is 0 Å². The van der Waals surface area contributed by atoms with E-state index in [2.05, 4.69) is 4.98 Å². The normalized spacial score (nSPS) is 18.3. The quantitative estimate of drug-likeness (QED) is 0.876. The maximum absolute atomic E-state index is 11.4. The largest absolute Gasteiger partial charge is 0.476 e. The topological polar surface area (TPSA) is 85.5 Å². The minimum Gasteiger partial charge on any atom is -0.476 e. The zero-order valence-electron chi connectivity index (χ0n) is 11.0. The molecule has 7 heteroatoms. The van der Waals surface area contributed by atoms with Crippen LogP contribution in [0.15, 0.2) is 12.1 Å². The summed E-state index contributed by atoms with van der Waals surface area (Å²) in [7, 11) is -2.88. The highest BCUT2D eigenvalue weighted by Crippen LogP contribution is 2.24. The molecule has 0 radical (unpaired) electrons. The van der Waals surface area contributed by atoms with E-state index in [4.69, 9.17) is 10.5 Å². The highest BCUT2D eigenvalue weighted by atomic mass is 32.2. The molecule has 0 unspecified atom stereocenters. The third-order valence-electron chi connectivity index (χ3n) is 2.99. The number of rotatable bonds is 4. The van der Waals surface area contributed by atoms with Gasteiger partial charge >= 0.3 is 0 Å². The molecule has 1 fully saturated rings. The molecule has 106 valence electrons. The lowest BCUT2D eigenvalue weighted by atomic mass is 10.3. The van der Waals surface area contributed by atoms with Crippen LogP contribution in [0.3, 0.4) is 0 Å². The number of anilines is 2. The van der Waals surface area contributed by atoms with E-state index in [1.54, 1.807) is 12.1 Å². The van der Waals surface area contributed by atoms with Gasteiger partial charge in [-0.1, -0.05) is 6.92 Å².